The third-order valence-electron chi connectivity index (χ3n) is 6.84. The van der Waals surface area contributed by atoms with Gasteiger partial charge in [-0.2, -0.15) is 17.0 Å². The van der Waals surface area contributed by atoms with Gasteiger partial charge in [0.1, 0.15) is 0 Å². The topological polar surface area (TPSA) is 76.8 Å². The molecule has 38 heavy (non-hydrogen) atoms. The summed E-state index contributed by atoms with van der Waals surface area (Å²) in [5.41, 5.74) is 6.01. The van der Waals surface area contributed by atoms with E-state index in [2.05, 4.69) is 42.5 Å². The van der Waals surface area contributed by atoms with Crippen LogP contribution in [0.3, 0.4) is 0 Å². The van der Waals surface area contributed by atoms with Crippen LogP contribution in [0.25, 0.3) is 10.9 Å². The quantitative estimate of drug-likeness (QED) is 0.199. The van der Waals surface area contributed by atoms with Crippen molar-refractivity contribution in [3.05, 3.63) is 112 Å². The fourth-order valence-corrected chi connectivity index (χ4v) is 6.18. The maximum Gasteiger partial charge on any atom is 0.0994 e. The monoisotopic (exact) mass is 541 g/mol. The van der Waals surface area contributed by atoms with E-state index in [0.717, 1.165) is 47.8 Å². The lowest BCUT2D eigenvalue weighted by atomic mass is 9.98. The highest BCUT2D eigenvalue weighted by Gasteiger charge is 2.17. The summed E-state index contributed by atoms with van der Waals surface area (Å²) in [5, 5.41) is 22.9. The highest BCUT2D eigenvalue weighted by Crippen LogP contribution is 2.36. The number of carboxylic acids is 1. The first-order valence-corrected chi connectivity index (χ1v) is 14.3. The fourth-order valence-electron chi connectivity index (χ4n) is 4.56. The van der Waals surface area contributed by atoms with Crippen LogP contribution < -0.4 is 5.11 Å². The molecule has 0 aliphatic carbocycles. The van der Waals surface area contributed by atoms with Gasteiger partial charge < -0.3 is 9.90 Å². The van der Waals surface area contributed by atoms with E-state index in [1.54, 1.807) is 11.8 Å². The summed E-state index contributed by atoms with van der Waals surface area (Å²) < 4.78 is 0. The number of nitrogens with zero attached hydrogens (tertiary/aromatic N) is 2. The zero-order valence-corrected chi connectivity index (χ0v) is 23.0. The Morgan fingerprint density at radius 1 is 1.03 bits per heavy atom. The van der Waals surface area contributed by atoms with Crippen molar-refractivity contribution in [1.82, 2.24) is 4.98 Å². The summed E-state index contributed by atoms with van der Waals surface area (Å²) in [5.74, 6) is -0.979. The van der Waals surface area contributed by atoms with Crippen LogP contribution >= 0.6 is 23.4 Å². The van der Waals surface area contributed by atoms with Gasteiger partial charge in [-0.25, -0.2) is 0 Å². The molecule has 0 amide bonds. The van der Waals surface area contributed by atoms with Crippen molar-refractivity contribution in [2.75, 3.05) is 5.75 Å². The number of hydrogen-bond donors (Lipinski definition) is 0. The molecule has 4 aromatic rings. The van der Waals surface area contributed by atoms with Gasteiger partial charge in [0.25, 0.3) is 0 Å². The number of fused-ring (bicyclic) bond motifs is 1. The number of nitriles is 1. The normalized spacial score (nSPS) is 12.7. The molecular weight excluding hydrogens is 512 g/mol. The molecule has 1 heterocycles. The summed E-state index contributed by atoms with van der Waals surface area (Å²) in [7, 11) is 0. The Balaban J connectivity index is 1.50. The third kappa shape index (κ3) is 7.37. The number of aryl methyl sites for hydroxylation is 3. The van der Waals surface area contributed by atoms with Gasteiger partial charge in [-0.15, -0.1) is 0 Å². The minimum atomic E-state index is -0.994. The number of aliphatic carboxylic acids is 1. The largest absolute Gasteiger partial charge is 0.550 e. The predicted molar refractivity (Wildman–Crippen MR) is 154 cm³/mol. The number of aromatic nitrogens is 1. The van der Waals surface area contributed by atoms with Crippen LogP contribution in [-0.4, -0.2) is 16.7 Å². The lowest BCUT2D eigenvalue weighted by molar-refractivity contribution is -0.310. The molecule has 1 aromatic heterocycles. The molecule has 194 valence electrons. The van der Waals surface area contributed by atoms with Crippen molar-refractivity contribution >= 4 is 40.2 Å². The Kier molecular flexibility index (Phi) is 9.81. The van der Waals surface area contributed by atoms with E-state index < -0.39 is 11.9 Å². The second kappa shape index (κ2) is 13.5. The van der Waals surface area contributed by atoms with E-state index in [9.17, 15) is 15.2 Å². The Hall–Kier alpha value is -3.33. The van der Waals surface area contributed by atoms with E-state index in [0.29, 0.717) is 22.8 Å². The summed E-state index contributed by atoms with van der Waals surface area (Å²) in [4.78, 5) is 16.3. The average Bonchev–Trinajstić information content (AvgIpc) is 2.93. The van der Waals surface area contributed by atoms with Crippen molar-refractivity contribution in [1.29, 1.82) is 5.26 Å². The first-order chi connectivity index (χ1) is 18.5. The molecule has 0 aliphatic heterocycles. The van der Waals surface area contributed by atoms with Gasteiger partial charge in [0.05, 0.1) is 17.1 Å². The van der Waals surface area contributed by atoms with Gasteiger partial charge >= 0.3 is 0 Å². The highest BCUT2D eigenvalue weighted by molar-refractivity contribution is 7.99. The number of thioether (sulfide) groups is 1. The lowest BCUT2D eigenvalue weighted by Gasteiger charge is -2.22. The Morgan fingerprint density at radius 2 is 1.84 bits per heavy atom. The van der Waals surface area contributed by atoms with Gasteiger partial charge in [-0.1, -0.05) is 73.1 Å². The van der Waals surface area contributed by atoms with Gasteiger partial charge in [0, 0.05) is 39.0 Å². The molecule has 0 radical (unpaired) electrons. The molecule has 0 saturated carbocycles. The zero-order valence-electron chi connectivity index (χ0n) is 21.4. The first-order valence-electron chi connectivity index (χ1n) is 12.9. The molecule has 2 atom stereocenters. The zero-order chi connectivity index (χ0) is 26.9. The molecule has 3 aromatic carbocycles. The number of rotatable bonds is 12. The van der Waals surface area contributed by atoms with E-state index in [-0.39, 0.29) is 5.25 Å². The number of carbonyl (C=O) groups excluding carboxylic acids is 1. The summed E-state index contributed by atoms with van der Waals surface area (Å²) in [6.45, 7) is 1.88. The Bertz CT molecular complexity index is 1450. The van der Waals surface area contributed by atoms with Crippen LogP contribution in [-0.2, 0) is 24.1 Å². The lowest BCUT2D eigenvalue weighted by Crippen LogP contribution is -2.32. The van der Waals surface area contributed by atoms with Crippen LogP contribution in [0.1, 0.15) is 53.0 Å². The molecule has 0 N–H and O–H groups in total. The summed E-state index contributed by atoms with van der Waals surface area (Å²) in [6, 6.07) is 28.4. The molecular formula is C32H30ClN2O2S-. The van der Waals surface area contributed by atoms with E-state index in [1.807, 2.05) is 49.4 Å². The predicted octanol–water partition coefficient (Wildman–Crippen LogP) is 6.73. The second-order valence-corrected chi connectivity index (χ2v) is 11.1. The van der Waals surface area contributed by atoms with Gasteiger partial charge in [-0.3, -0.25) is 4.98 Å². The minimum absolute atomic E-state index is 0.107. The smallest absolute Gasteiger partial charge is 0.0994 e. The molecule has 4 nitrogen and oxygen atoms in total. The van der Waals surface area contributed by atoms with Crippen molar-refractivity contribution in [3.8, 4) is 6.07 Å². The molecule has 2 unspecified atom stereocenters. The van der Waals surface area contributed by atoms with Crippen LogP contribution in [0, 0.1) is 17.2 Å². The van der Waals surface area contributed by atoms with Crippen LogP contribution in [0.15, 0.2) is 78.9 Å². The number of halogens is 1. The van der Waals surface area contributed by atoms with E-state index >= 15 is 0 Å². The third-order valence-corrected chi connectivity index (χ3v) is 8.58. The number of pyridine rings is 1. The van der Waals surface area contributed by atoms with Crippen molar-refractivity contribution in [2.45, 2.75) is 44.3 Å². The highest BCUT2D eigenvalue weighted by atomic mass is 35.5. The fraction of sp³-hybridized carbons (Fsp3) is 0.281. The second-order valence-electron chi connectivity index (χ2n) is 9.44. The van der Waals surface area contributed by atoms with Crippen molar-refractivity contribution in [3.63, 3.8) is 0 Å². The summed E-state index contributed by atoms with van der Waals surface area (Å²) in [6.07, 6.45) is 3.75. The first kappa shape index (κ1) is 27.7. The van der Waals surface area contributed by atoms with Crippen LogP contribution in [0.4, 0.5) is 0 Å². The number of benzene rings is 3. The number of carboxylic acid groups (broad SMARTS) is 1. The molecule has 0 aliphatic rings. The molecule has 4 rings (SSSR count). The molecule has 0 bridgehead atoms. The van der Waals surface area contributed by atoms with E-state index in [1.165, 1.54) is 11.1 Å². The number of carbonyl (C=O) groups is 1. The van der Waals surface area contributed by atoms with Crippen molar-refractivity contribution < 1.29 is 9.90 Å². The van der Waals surface area contributed by atoms with Gasteiger partial charge in [-0.05, 0) is 73.1 Å². The maximum atomic E-state index is 11.5. The van der Waals surface area contributed by atoms with Crippen LogP contribution in [0.5, 0.6) is 0 Å². The number of hydrogen-bond acceptors (Lipinski definition) is 5. The molecule has 0 spiro atoms. The van der Waals surface area contributed by atoms with Crippen LogP contribution in [0.2, 0.25) is 5.02 Å². The standard InChI is InChI=1S/C32H31ClN2O2S/c1-2-23(32(36)37)21-38-31(17-13-24-7-3-4-8-27(24)20-34)26-9-5-6-22(18-26)10-15-29-16-12-25-11-14-28(33)19-30(25)35-29/h3-9,11-12,14,16,18-19,23,31H,2,10,13,15,17,21H2,1H3,(H,36,37)/p-1. The SMILES string of the molecule is CCC(CSC(CCc1ccccc1C#N)c1cccc(CCc2ccc3ccc(Cl)cc3n2)c1)C(=O)[O-]. The Labute approximate surface area is 233 Å². The van der Waals surface area contributed by atoms with Gasteiger partial charge in [0.2, 0.25) is 0 Å². The maximum absolute atomic E-state index is 11.5. The van der Waals surface area contributed by atoms with Gasteiger partial charge in [0.15, 0.2) is 0 Å². The molecule has 6 heteroatoms. The molecule has 0 fully saturated rings. The average molecular weight is 542 g/mol. The minimum Gasteiger partial charge on any atom is -0.550 e. The van der Waals surface area contributed by atoms with Crippen molar-refractivity contribution in [2.24, 2.45) is 5.92 Å². The molecule has 0 saturated heterocycles. The van der Waals surface area contributed by atoms with E-state index in [4.69, 9.17) is 16.6 Å². The summed E-state index contributed by atoms with van der Waals surface area (Å²) >= 11 is 7.82. The Morgan fingerprint density at radius 3 is 2.63 bits per heavy atom.